The van der Waals surface area contributed by atoms with Gasteiger partial charge in [-0.05, 0) is 42.5 Å². The molecule has 0 radical (unpaired) electrons. The first-order chi connectivity index (χ1) is 15.9. The smallest absolute Gasteiger partial charge is 0.235 e. The van der Waals surface area contributed by atoms with E-state index in [0.29, 0.717) is 5.95 Å². The van der Waals surface area contributed by atoms with Gasteiger partial charge >= 0.3 is 0 Å². The summed E-state index contributed by atoms with van der Waals surface area (Å²) in [5, 5.41) is 4.51. The number of nitrogens with zero attached hydrogens (tertiary/aromatic N) is 5. The van der Waals surface area contributed by atoms with Crippen molar-refractivity contribution in [2.24, 2.45) is 0 Å². The predicted octanol–water partition coefficient (Wildman–Crippen LogP) is 6.07. The van der Waals surface area contributed by atoms with E-state index in [2.05, 4.69) is 87.0 Å². The van der Waals surface area contributed by atoms with E-state index in [1.807, 2.05) is 18.3 Å². The first-order valence-corrected chi connectivity index (χ1v) is 10.5. The number of hydrogen-bond acceptors (Lipinski definition) is 3. The third kappa shape index (κ3) is 2.42. The zero-order valence-corrected chi connectivity index (χ0v) is 17.1. The Morgan fingerprint density at radius 2 is 1.53 bits per heavy atom. The van der Waals surface area contributed by atoms with Gasteiger partial charge in [-0.3, -0.25) is 9.55 Å². The second-order valence-corrected chi connectivity index (χ2v) is 7.91. The molecule has 4 aromatic heterocycles. The highest BCUT2D eigenvalue weighted by molar-refractivity contribution is 6.13. The molecule has 32 heavy (non-hydrogen) atoms. The number of pyridine rings is 1. The Morgan fingerprint density at radius 3 is 2.47 bits per heavy atom. The van der Waals surface area contributed by atoms with E-state index in [-0.39, 0.29) is 0 Å². The molecule has 0 spiro atoms. The minimum atomic E-state index is 0.659. The van der Waals surface area contributed by atoms with Gasteiger partial charge in [-0.25, -0.2) is 9.97 Å². The molecule has 7 aromatic rings. The molecule has 0 aliphatic heterocycles. The third-order valence-electron chi connectivity index (χ3n) is 6.09. The van der Waals surface area contributed by atoms with Gasteiger partial charge in [0.15, 0.2) is 0 Å². The molecule has 0 N–H and O–H groups in total. The van der Waals surface area contributed by atoms with Crippen molar-refractivity contribution < 1.29 is 0 Å². The molecule has 0 aliphatic carbocycles. The third-order valence-corrected chi connectivity index (χ3v) is 6.09. The topological polar surface area (TPSA) is 48.5 Å². The summed E-state index contributed by atoms with van der Waals surface area (Å²) in [7, 11) is 0. The van der Waals surface area contributed by atoms with Crippen molar-refractivity contribution in [3.05, 3.63) is 104 Å². The Kier molecular flexibility index (Phi) is 3.49. The van der Waals surface area contributed by atoms with Gasteiger partial charge < -0.3 is 4.57 Å². The molecule has 0 saturated carbocycles. The van der Waals surface area contributed by atoms with Crippen LogP contribution in [-0.2, 0) is 0 Å². The van der Waals surface area contributed by atoms with E-state index in [4.69, 9.17) is 9.97 Å². The highest BCUT2D eigenvalue weighted by Crippen LogP contribution is 2.35. The Morgan fingerprint density at radius 1 is 0.656 bits per heavy atom. The lowest BCUT2D eigenvalue weighted by Crippen LogP contribution is -2.01. The Labute approximate surface area is 183 Å². The fourth-order valence-electron chi connectivity index (χ4n) is 4.60. The van der Waals surface area contributed by atoms with Gasteiger partial charge in [0.25, 0.3) is 0 Å². The maximum absolute atomic E-state index is 4.87. The summed E-state index contributed by atoms with van der Waals surface area (Å²) in [4.78, 5) is 13.8. The van der Waals surface area contributed by atoms with E-state index in [9.17, 15) is 0 Å². The van der Waals surface area contributed by atoms with Gasteiger partial charge in [0.05, 0.1) is 22.1 Å². The highest BCUT2D eigenvalue weighted by atomic mass is 15.2. The van der Waals surface area contributed by atoms with E-state index in [0.717, 1.165) is 33.1 Å². The highest BCUT2D eigenvalue weighted by Gasteiger charge is 2.16. The molecule has 4 heterocycles. The standard InChI is InChI=1S/C27H17N5/c1-2-6-20(7-3-1)31-13-11-18-14-22-21-8-4-5-9-24(21)32(26(22)15-25(18)31)27-29-17-19-16-28-12-10-23(19)30-27/h1-17H. The summed E-state index contributed by atoms with van der Waals surface area (Å²) >= 11 is 0. The van der Waals surface area contributed by atoms with Crippen LogP contribution in [0.1, 0.15) is 0 Å². The fraction of sp³-hybridized carbons (Fsp3) is 0. The van der Waals surface area contributed by atoms with E-state index in [1.54, 1.807) is 12.4 Å². The van der Waals surface area contributed by atoms with Gasteiger partial charge in [0.2, 0.25) is 5.95 Å². The van der Waals surface area contributed by atoms with Crippen LogP contribution in [0.2, 0.25) is 0 Å². The first kappa shape index (κ1) is 17.2. The second-order valence-electron chi connectivity index (χ2n) is 7.91. The van der Waals surface area contributed by atoms with Crippen LogP contribution >= 0.6 is 0 Å². The lowest BCUT2D eigenvalue weighted by atomic mass is 10.1. The number of fused-ring (bicyclic) bond motifs is 5. The summed E-state index contributed by atoms with van der Waals surface area (Å²) < 4.78 is 4.38. The van der Waals surface area contributed by atoms with Gasteiger partial charge in [-0.15, -0.1) is 0 Å². The molecule has 0 saturated heterocycles. The second kappa shape index (κ2) is 6.49. The molecular weight excluding hydrogens is 394 g/mol. The van der Waals surface area contributed by atoms with Crippen LogP contribution in [0.15, 0.2) is 104 Å². The van der Waals surface area contributed by atoms with E-state index < -0.39 is 0 Å². The maximum atomic E-state index is 4.87. The summed E-state index contributed by atoms with van der Waals surface area (Å²) in [5.74, 6) is 0.659. The van der Waals surface area contributed by atoms with Gasteiger partial charge in [-0.1, -0.05) is 36.4 Å². The molecule has 0 amide bonds. The normalized spacial score (nSPS) is 11.8. The number of benzene rings is 3. The average molecular weight is 411 g/mol. The lowest BCUT2D eigenvalue weighted by Gasteiger charge is -2.08. The van der Waals surface area contributed by atoms with E-state index >= 15 is 0 Å². The van der Waals surface area contributed by atoms with Crippen molar-refractivity contribution >= 4 is 43.6 Å². The molecule has 5 heteroatoms. The molecule has 150 valence electrons. The average Bonchev–Trinajstić information content (AvgIpc) is 3.41. The van der Waals surface area contributed by atoms with Crippen molar-refractivity contribution in [3.8, 4) is 11.6 Å². The number of rotatable bonds is 2. The molecule has 0 atom stereocenters. The Bertz CT molecular complexity index is 1780. The SMILES string of the molecule is c1ccc(-n2ccc3cc4c5ccccc5n(-c5ncc6cnccc6n5)c4cc32)cc1. The molecule has 7 rings (SSSR count). The molecular formula is C27H17N5. The molecule has 0 bridgehead atoms. The lowest BCUT2D eigenvalue weighted by molar-refractivity contribution is 1.01. The monoisotopic (exact) mass is 411 g/mol. The van der Waals surface area contributed by atoms with Crippen molar-refractivity contribution in [1.82, 2.24) is 24.1 Å². The molecule has 0 aliphatic rings. The number of hydrogen-bond donors (Lipinski definition) is 0. The Balaban J connectivity index is 1.59. The minimum Gasteiger partial charge on any atom is -0.316 e. The number of para-hydroxylation sites is 2. The van der Waals surface area contributed by atoms with Crippen molar-refractivity contribution in [2.75, 3.05) is 0 Å². The number of aromatic nitrogens is 5. The molecule has 5 nitrogen and oxygen atoms in total. The summed E-state index contributed by atoms with van der Waals surface area (Å²) in [6, 6.07) is 27.5. The summed E-state index contributed by atoms with van der Waals surface area (Å²) in [6.45, 7) is 0. The van der Waals surface area contributed by atoms with E-state index in [1.165, 1.54) is 16.2 Å². The van der Waals surface area contributed by atoms with Crippen molar-refractivity contribution in [3.63, 3.8) is 0 Å². The van der Waals surface area contributed by atoms with Crippen LogP contribution in [0.5, 0.6) is 0 Å². The van der Waals surface area contributed by atoms with Crippen LogP contribution in [0.3, 0.4) is 0 Å². The summed E-state index contributed by atoms with van der Waals surface area (Å²) in [5.41, 5.74) is 5.35. The van der Waals surface area contributed by atoms with Crippen LogP contribution in [-0.4, -0.2) is 24.1 Å². The van der Waals surface area contributed by atoms with Gasteiger partial charge in [0.1, 0.15) is 0 Å². The zero-order valence-electron chi connectivity index (χ0n) is 17.1. The van der Waals surface area contributed by atoms with Crippen molar-refractivity contribution in [1.29, 1.82) is 0 Å². The zero-order chi connectivity index (χ0) is 21.1. The van der Waals surface area contributed by atoms with Gasteiger partial charge in [0, 0.05) is 52.0 Å². The quantitative estimate of drug-likeness (QED) is 0.347. The van der Waals surface area contributed by atoms with Crippen LogP contribution in [0, 0.1) is 0 Å². The van der Waals surface area contributed by atoms with Crippen LogP contribution < -0.4 is 0 Å². The predicted molar refractivity (Wildman–Crippen MR) is 129 cm³/mol. The molecule has 0 unspecified atom stereocenters. The molecule has 3 aromatic carbocycles. The summed E-state index contributed by atoms with van der Waals surface area (Å²) in [6.07, 6.45) is 7.53. The minimum absolute atomic E-state index is 0.659. The van der Waals surface area contributed by atoms with Crippen LogP contribution in [0.25, 0.3) is 55.2 Å². The Hall–Kier alpha value is -4.51. The van der Waals surface area contributed by atoms with Crippen LogP contribution in [0.4, 0.5) is 0 Å². The van der Waals surface area contributed by atoms with Gasteiger partial charge in [-0.2, -0.15) is 0 Å². The fourth-order valence-corrected chi connectivity index (χ4v) is 4.60. The van der Waals surface area contributed by atoms with Crippen molar-refractivity contribution in [2.45, 2.75) is 0 Å². The largest absolute Gasteiger partial charge is 0.316 e. The molecule has 0 fully saturated rings. The first-order valence-electron chi connectivity index (χ1n) is 10.5. The maximum Gasteiger partial charge on any atom is 0.235 e.